The van der Waals surface area contributed by atoms with Gasteiger partial charge in [-0.2, -0.15) is 0 Å². The smallest absolute Gasteiger partial charge is 0.162 e. The molecule has 2 N–H and O–H groups in total. The van der Waals surface area contributed by atoms with Crippen LogP contribution in [0.1, 0.15) is 65.2 Å². The van der Waals surface area contributed by atoms with Crippen LogP contribution in [0.4, 0.5) is 0 Å². The van der Waals surface area contributed by atoms with Crippen LogP contribution in [0.2, 0.25) is 0 Å². The van der Waals surface area contributed by atoms with Crippen molar-refractivity contribution in [3.8, 4) is 0 Å². The average molecular weight is 318 g/mol. The predicted molar refractivity (Wildman–Crippen MR) is 88.8 cm³/mol. The minimum atomic E-state index is -0.125. The zero-order chi connectivity index (χ0) is 16.4. The average Bonchev–Trinajstić information content (AvgIpc) is 2.83. The van der Waals surface area contributed by atoms with Crippen LogP contribution >= 0.6 is 0 Å². The maximum Gasteiger partial charge on any atom is 0.162 e. The lowest BCUT2D eigenvalue weighted by Crippen LogP contribution is -2.54. The molecule has 128 valence electrons. The lowest BCUT2D eigenvalue weighted by molar-refractivity contribution is -0.135. The molecule has 0 aliphatic heterocycles. The molecule has 0 radical (unpaired) electrons. The second-order valence-electron chi connectivity index (χ2n) is 9.25. The molecule has 0 aromatic heterocycles. The maximum atomic E-state index is 12.2. The fourth-order valence-electron chi connectivity index (χ4n) is 7.10. The number of carbonyl (C=O) groups excluding carboxylic acids is 1. The van der Waals surface area contributed by atoms with Gasteiger partial charge in [0.25, 0.3) is 0 Å². The molecular weight excluding hydrogens is 288 g/mol. The standard InChI is InChI=1S/C20H30O3/c1-19-8-7-16-14(15(19)5-6-18(19)23)4-3-13-9-17(22)12(11-21)10-20(13,16)2/h11,13-16,18,21,23H,3-10H2,1-2H3/b12-11+/t13-,14?,15?,16?,18-,19-,20-/m0/s1. The number of allylic oxidation sites excluding steroid dienone is 1. The summed E-state index contributed by atoms with van der Waals surface area (Å²) >= 11 is 0. The number of rotatable bonds is 0. The number of hydrogen-bond donors (Lipinski definition) is 2. The quantitative estimate of drug-likeness (QED) is 0.524. The van der Waals surface area contributed by atoms with Crippen LogP contribution in [0, 0.1) is 34.5 Å². The molecule has 0 aromatic rings. The molecule has 23 heavy (non-hydrogen) atoms. The normalized spacial score (nSPS) is 54.5. The van der Waals surface area contributed by atoms with Crippen LogP contribution in [0.5, 0.6) is 0 Å². The Morgan fingerprint density at radius 2 is 1.78 bits per heavy atom. The van der Waals surface area contributed by atoms with E-state index in [9.17, 15) is 15.0 Å². The monoisotopic (exact) mass is 318 g/mol. The van der Waals surface area contributed by atoms with E-state index < -0.39 is 0 Å². The Bertz CT molecular complexity index is 553. The van der Waals surface area contributed by atoms with E-state index in [2.05, 4.69) is 13.8 Å². The fraction of sp³-hybridized carbons (Fsp3) is 0.850. The molecule has 3 heteroatoms. The Morgan fingerprint density at radius 3 is 2.52 bits per heavy atom. The van der Waals surface area contributed by atoms with E-state index in [1.807, 2.05) is 0 Å². The van der Waals surface area contributed by atoms with E-state index in [1.165, 1.54) is 19.3 Å². The van der Waals surface area contributed by atoms with E-state index in [1.54, 1.807) is 0 Å². The van der Waals surface area contributed by atoms with Gasteiger partial charge in [-0.15, -0.1) is 0 Å². The minimum absolute atomic E-state index is 0.116. The van der Waals surface area contributed by atoms with Gasteiger partial charge in [0.15, 0.2) is 5.78 Å². The Morgan fingerprint density at radius 1 is 1.04 bits per heavy atom. The molecule has 0 saturated heterocycles. The van der Waals surface area contributed by atoms with Crippen molar-refractivity contribution in [3.05, 3.63) is 11.8 Å². The highest BCUT2D eigenvalue weighted by Crippen LogP contribution is 2.66. The summed E-state index contributed by atoms with van der Waals surface area (Å²) in [5.41, 5.74) is 0.911. The summed E-state index contributed by atoms with van der Waals surface area (Å²) in [5.74, 6) is 2.63. The Labute approximate surface area is 139 Å². The van der Waals surface area contributed by atoms with Crippen LogP contribution < -0.4 is 0 Å². The van der Waals surface area contributed by atoms with E-state index in [0.29, 0.717) is 35.7 Å². The van der Waals surface area contributed by atoms with Crippen LogP contribution in [0.15, 0.2) is 11.8 Å². The number of aliphatic hydroxyl groups is 2. The summed E-state index contributed by atoms with van der Waals surface area (Å²) in [5, 5.41) is 20.0. The molecule has 4 aliphatic carbocycles. The number of Topliss-reactive ketones (excluding diaryl/α,β-unsaturated/α-hetero) is 1. The zero-order valence-electron chi connectivity index (χ0n) is 14.4. The van der Waals surface area contributed by atoms with Crippen LogP contribution in [0.25, 0.3) is 0 Å². The fourth-order valence-corrected chi connectivity index (χ4v) is 7.10. The minimum Gasteiger partial charge on any atom is -0.515 e. The van der Waals surface area contributed by atoms with Crippen molar-refractivity contribution in [1.82, 2.24) is 0 Å². The molecule has 7 atom stereocenters. The van der Waals surface area contributed by atoms with E-state index in [-0.39, 0.29) is 22.7 Å². The topological polar surface area (TPSA) is 57.5 Å². The molecule has 0 spiro atoms. The summed E-state index contributed by atoms with van der Waals surface area (Å²) in [4.78, 5) is 12.2. The molecule has 4 saturated carbocycles. The number of hydrogen-bond acceptors (Lipinski definition) is 3. The number of aliphatic hydroxyl groups excluding tert-OH is 2. The Balaban J connectivity index is 1.66. The first-order chi connectivity index (χ1) is 10.9. The third-order valence-electron chi connectivity index (χ3n) is 8.53. The Kier molecular flexibility index (Phi) is 3.46. The number of fused-ring (bicyclic) bond motifs is 5. The second-order valence-corrected chi connectivity index (χ2v) is 9.25. The summed E-state index contributed by atoms with van der Waals surface area (Å²) in [6.45, 7) is 4.68. The SMILES string of the molecule is C[C@]12CCC3C(CC[C@H]4CC(=O)/C(=C/O)C[C@]34C)C1CC[C@@H]2O. The van der Waals surface area contributed by atoms with Gasteiger partial charge in [-0.3, -0.25) is 4.79 Å². The number of carbonyl (C=O) groups is 1. The molecule has 0 heterocycles. The molecule has 0 amide bonds. The lowest BCUT2D eigenvalue weighted by Gasteiger charge is -2.60. The predicted octanol–water partition coefficient (Wildman–Crippen LogP) is 4.01. The van der Waals surface area contributed by atoms with Gasteiger partial charge in [0.2, 0.25) is 0 Å². The molecule has 0 bridgehead atoms. The highest BCUT2D eigenvalue weighted by molar-refractivity contribution is 5.96. The second kappa shape index (κ2) is 5.08. The van der Waals surface area contributed by atoms with Gasteiger partial charge in [-0.05, 0) is 79.4 Å². The molecule has 4 fully saturated rings. The lowest BCUT2D eigenvalue weighted by atomic mass is 9.45. The van der Waals surface area contributed by atoms with E-state index >= 15 is 0 Å². The summed E-state index contributed by atoms with van der Waals surface area (Å²) in [7, 11) is 0. The van der Waals surface area contributed by atoms with Crippen molar-refractivity contribution in [1.29, 1.82) is 0 Å². The van der Waals surface area contributed by atoms with Crippen molar-refractivity contribution < 1.29 is 15.0 Å². The van der Waals surface area contributed by atoms with Gasteiger partial charge in [0.1, 0.15) is 0 Å². The van der Waals surface area contributed by atoms with Gasteiger partial charge >= 0.3 is 0 Å². The zero-order valence-corrected chi connectivity index (χ0v) is 14.4. The molecule has 0 aromatic carbocycles. The van der Waals surface area contributed by atoms with Crippen molar-refractivity contribution in [2.45, 2.75) is 71.3 Å². The van der Waals surface area contributed by atoms with Crippen LogP contribution in [-0.2, 0) is 4.79 Å². The van der Waals surface area contributed by atoms with Crippen LogP contribution in [0.3, 0.4) is 0 Å². The first-order valence-electron chi connectivity index (χ1n) is 9.44. The molecule has 4 aliphatic rings. The van der Waals surface area contributed by atoms with Crippen molar-refractivity contribution in [3.63, 3.8) is 0 Å². The van der Waals surface area contributed by atoms with Crippen molar-refractivity contribution >= 4 is 5.78 Å². The molecular formula is C20H30O3. The third kappa shape index (κ3) is 2.01. The van der Waals surface area contributed by atoms with Crippen molar-refractivity contribution in [2.75, 3.05) is 0 Å². The summed E-state index contributed by atoms with van der Waals surface area (Å²) in [6.07, 6.45) is 9.11. The highest BCUT2D eigenvalue weighted by Gasteiger charge is 2.60. The summed E-state index contributed by atoms with van der Waals surface area (Å²) in [6, 6.07) is 0. The molecule has 3 nitrogen and oxygen atoms in total. The van der Waals surface area contributed by atoms with Gasteiger partial charge < -0.3 is 10.2 Å². The summed E-state index contributed by atoms with van der Waals surface area (Å²) < 4.78 is 0. The van der Waals surface area contributed by atoms with Crippen molar-refractivity contribution in [2.24, 2.45) is 34.5 Å². The largest absolute Gasteiger partial charge is 0.515 e. The van der Waals surface area contributed by atoms with E-state index in [4.69, 9.17) is 0 Å². The van der Waals surface area contributed by atoms with Gasteiger partial charge in [-0.25, -0.2) is 0 Å². The van der Waals surface area contributed by atoms with E-state index in [0.717, 1.165) is 31.9 Å². The molecule has 4 rings (SSSR count). The number of ketones is 1. The first-order valence-corrected chi connectivity index (χ1v) is 9.44. The van der Waals surface area contributed by atoms with Gasteiger partial charge in [-0.1, -0.05) is 13.8 Å². The van der Waals surface area contributed by atoms with Gasteiger partial charge in [0.05, 0.1) is 12.4 Å². The maximum absolute atomic E-state index is 12.2. The Hall–Kier alpha value is -0.830. The molecule has 3 unspecified atom stereocenters. The third-order valence-corrected chi connectivity index (χ3v) is 8.53. The van der Waals surface area contributed by atoms with Gasteiger partial charge in [0, 0.05) is 12.0 Å². The first kappa shape index (κ1) is 15.7. The highest BCUT2D eigenvalue weighted by atomic mass is 16.3. The van der Waals surface area contributed by atoms with Crippen LogP contribution in [-0.4, -0.2) is 22.1 Å².